The van der Waals surface area contributed by atoms with Crippen LogP contribution in [0.3, 0.4) is 0 Å². The lowest BCUT2D eigenvalue weighted by atomic mass is 10.1. The fraction of sp³-hybridized carbons (Fsp3) is 0.588. The Morgan fingerprint density at radius 2 is 1.96 bits per heavy atom. The molecule has 1 amide bonds. The third kappa shape index (κ3) is 4.43. The first-order chi connectivity index (χ1) is 12.0. The van der Waals surface area contributed by atoms with Crippen molar-refractivity contribution in [2.45, 2.75) is 36.6 Å². The second-order valence-electron chi connectivity index (χ2n) is 6.47. The number of hydrogen-bond donors (Lipinski definition) is 1. The molecular weight excluding hydrogens is 344 g/mol. The van der Waals surface area contributed by atoms with Gasteiger partial charge in [-0.2, -0.15) is 0 Å². The highest BCUT2D eigenvalue weighted by atomic mass is 32.2. The van der Waals surface area contributed by atoms with E-state index in [1.165, 1.54) is 12.1 Å². The molecule has 0 aromatic heterocycles. The van der Waals surface area contributed by atoms with Crippen LogP contribution in [0, 0.1) is 0 Å². The number of rotatable bonds is 4. The Labute approximate surface area is 148 Å². The summed E-state index contributed by atoms with van der Waals surface area (Å²) in [6, 6.07) is 4.58. The van der Waals surface area contributed by atoms with Crippen molar-refractivity contribution in [2.75, 3.05) is 32.1 Å². The summed E-state index contributed by atoms with van der Waals surface area (Å²) in [7, 11) is -3.57. The summed E-state index contributed by atoms with van der Waals surface area (Å²) in [5.41, 5.74) is 5.88. The normalized spacial score (nSPS) is 20.8. The number of fused-ring (bicyclic) bond motifs is 1. The van der Waals surface area contributed by atoms with Gasteiger partial charge in [-0.15, -0.1) is 0 Å². The number of nitrogens with two attached hydrogens (primary N) is 1. The van der Waals surface area contributed by atoms with E-state index in [-0.39, 0.29) is 29.0 Å². The summed E-state index contributed by atoms with van der Waals surface area (Å²) in [6.45, 7) is 2.19. The van der Waals surface area contributed by atoms with Crippen molar-refractivity contribution in [1.29, 1.82) is 0 Å². The maximum absolute atomic E-state index is 12.6. The molecule has 8 heteroatoms. The van der Waals surface area contributed by atoms with E-state index in [1.54, 1.807) is 11.0 Å². The van der Waals surface area contributed by atoms with Gasteiger partial charge in [-0.1, -0.05) is 0 Å². The molecule has 1 aromatic carbocycles. The van der Waals surface area contributed by atoms with E-state index in [2.05, 4.69) is 0 Å². The average Bonchev–Trinajstić information content (AvgIpc) is 2.84. The highest BCUT2D eigenvalue weighted by molar-refractivity contribution is 7.91. The molecule has 138 valence electrons. The van der Waals surface area contributed by atoms with Gasteiger partial charge in [0.25, 0.3) is 0 Å². The van der Waals surface area contributed by atoms with Crippen LogP contribution in [0.1, 0.15) is 25.7 Å². The number of likely N-dealkylation sites (tertiary alicyclic amines) is 1. The zero-order valence-corrected chi connectivity index (χ0v) is 15.0. The van der Waals surface area contributed by atoms with Crippen LogP contribution in [-0.2, 0) is 14.6 Å². The predicted octanol–water partition coefficient (Wildman–Crippen LogP) is 0.961. The Hall–Kier alpha value is -1.80. The van der Waals surface area contributed by atoms with Crippen LogP contribution in [0.2, 0.25) is 0 Å². The molecule has 0 saturated carbocycles. The summed E-state index contributed by atoms with van der Waals surface area (Å²) in [6.07, 6.45) is 2.48. The van der Waals surface area contributed by atoms with Crippen molar-refractivity contribution in [3.63, 3.8) is 0 Å². The van der Waals surface area contributed by atoms with Gasteiger partial charge in [-0.05, 0) is 25.0 Å². The Kier molecular flexibility index (Phi) is 5.48. The number of carbonyl (C=O) groups excluding carboxylic acids is 1. The maximum Gasteiger partial charge on any atom is 0.223 e. The van der Waals surface area contributed by atoms with Gasteiger partial charge in [0, 0.05) is 38.0 Å². The number of ether oxygens (including phenoxy) is 2. The Bertz CT molecular complexity index is 735. The number of sulfone groups is 1. The van der Waals surface area contributed by atoms with Crippen molar-refractivity contribution in [1.82, 2.24) is 4.90 Å². The third-order valence-electron chi connectivity index (χ3n) is 4.47. The fourth-order valence-electron chi connectivity index (χ4n) is 3.07. The second-order valence-corrected chi connectivity index (χ2v) is 8.58. The monoisotopic (exact) mass is 368 g/mol. The van der Waals surface area contributed by atoms with E-state index < -0.39 is 9.84 Å². The largest absolute Gasteiger partial charge is 0.490 e. The summed E-state index contributed by atoms with van der Waals surface area (Å²) in [5.74, 6) is 0.604. The molecule has 2 N–H and O–H groups in total. The van der Waals surface area contributed by atoms with Gasteiger partial charge in [-0.3, -0.25) is 4.79 Å². The van der Waals surface area contributed by atoms with Crippen molar-refractivity contribution in [2.24, 2.45) is 5.73 Å². The van der Waals surface area contributed by atoms with E-state index in [4.69, 9.17) is 15.2 Å². The summed E-state index contributed by atoms with van der Waals surface area (Å²) >= 11 is 0. The molecule has 2 heterocycles. The van der Waals surface area contributed by atoms with E-state index >= 15 is 0 Å². The molecule has 1 saturated heterocycles. The Balaban J connectivity index is 1.65. The van der Waals surface area contributed by atoms with Gasteiger partial charge in [0.15, 0.2) is 21.3 Å². The Morgan fingerprint density at radius 3 is 2.72 bits per heavy atom. The minimum absolute atomic E-state index is 0.0176. The SMILES string of the molecule is NC1CCCN(C(=O)CCS(=O)(=O)c2ccc3c(c2)OCCCO3)C1. The number of benzene rings is 1. The lowest BCUT2D eigenvalue weighted by Gasteiger charge is -2.30. The third-order valence-corrected chi connectivity index (χ3v) is 6.19. The quantitative estimate of drug-likeness (QED) is 0.850. The van der Waals surface area contributed by atoms with E-state index in [9.17, 15) is 13.2 Å². The standard InChI is InChI=1S/C17H24N2O5S/c18-13-3-1-7-19(12-13)17(20)6-10-25(21,22)14-4-5-15-16(11-14)24-9-2-8-23-15/h4-5,11,13H,1-3,6-10,12,18H2. The summed E-state index contributed by atoms with van der Waals surface area (Å²) in [5, 5.41) is 0. The van der Waals surface area contributed by atoms with Crippen LogP contribution in [0.15, 0.2) is 23.1 Å². The van der Waals surface area contributed by atoms with Gasteiger partial charge >= 0.3 is 0 Å². The van der Waals surface area contributed by atoms with Gasteiger partial charge in [0.2, 0.25) is 5.91 Å². The van der Waals surface area contributed by atoms with Crippen molar-refractivity contribution >= 4 is 15.7 Å². The highest BCUT2D eigenvalue weighted by Gasteiger charge is 2.24. The van der Waals surface area contributed by atoms with Gasteiger partial charge in [-0.25, -0.2) is 8.42 Å². The molecule has 2 aliphatic heterocycles. The average molecular weight is 368 g/mol. The summed E-state index contributed by atoms with van der Waals surface area (Å²) in [4.78, 5) is 14.1. The number of piperidine rings is 1. The number of carbonyl (C=O) groups is 1. The van der Waals surface area contributed by atoms with Crippen LogP contribution in [-0.4, -0.2) is 57.3 Å². The van der Waals surface area contributed by atoms with E-state index in [1.807, 2.05) is 0 Å². The molecule has 25 heavy (non-hydrogen) atoms. The van der Waals surface area contributed by atoms with Crippen LogP contribution >= 0.6 is 0 Å². The second kappa shape index (κ2) is 7.61. The lowest BCUT2D eigenvalue weighted by molar-refractivity contribution is -0.131. The molecule has 0 bridgehead atoms. The molecule has 1 atom stereocenters. The molecule has 7 nitrogen and oxygen atoms in total. The molecular formula is C17H24N2O5S. The molecule has 0 spiro atoms. The molecule has 3 rings (SSSR count). The van der Waals surface area contributed by atoms with Gasteiger partial charge in [0.1, 0.15) is 0 Å². The summed E-state index contributed by atoms with van der Waals surface area (Å²) < 4.78 is 36.2. The van der Waals surface area contributed by atoms with Crippen molar-refractivity contribution in [3.8, 4) is 11.5 Å². The highest BCUT2D eigenvalue weighted by Crippen LogP contribution is 2.32. The molecule has 0 radical (unpaired) electrons. The predicted molar refractivity (Wildman–Crippen MR) is 92.5 cm³/mol. The van der Waals surface area contributed by atoms with Crippen LogP contribution in [0.4, 0.5) is 0 Å². The number of amides is 1. The smallest absolute Gasteiger partial charge is 0.223 e. The van der Waals surface area contributed by atoms with Crippen LogP contribution < -0.4 is 15.2 Å². The zero-order chi connectivity index (χ0) is 17.9. The van der Waals surface area contributed by atoms with E-state index in [0.717, 1.165) is 19.3 Å². The molecule has 1 unspecified atom stereocenters. The first-order valence-electron chi connectivity index (χ1n) is 8.61. The lowest BCUT2D eigenvalue weighted by Crippen LogP contribution is -2.46. The minimum atomic E-state index is -3.57. The molecule has 2 aliphatic rings. The maximum atomic E-state index is 12.6. The van der Waals surface area contributed by atoms with Crippen LogP contribution in [0.25, 0.3) is 0 Å². The van der Waals surface area contributed by atoms with Crippen molar-refractivity contribution < 1.29 is 22.7 Å². The first-order valence-corrected chi connectivity index (χ1v) is 10.3. The topological polar surface area (TPSA) is 98.9 Å². The molecule has 0 aliphatic carbocycles. The minimum Gasteiger partial charge on any atom is -0.490 e. The van der Waals surface area contributed by atoms with Gasteiger partial charge < -0.3 is 20.1 Å². The fourth-order valence-corrected chi connectivity index (χ4v) is 4.31. The zero-order valence-electron chi connectivity index (χ0n) is 14.1. The molecule has 1 aromatic rings. The first kappa shape index (κ1) is 18.0. The Morgan fingerprint density at radius 1 is 1.20 bits per heavy atom. The number of nitrogens with zero attached hydrogens (tertiary/aromatic N) is 1. The molecule has 1 fully saturated rings. The van der Waals surface area contributed by atoms with Crippen molar-refractivity contribution in [3.05, 3.63) is 18.2 Å². The number of hydrogen-bond acceptors (Lipinski definition) is 6. The van der Waals surface area contributed by atoms with Gasteiger partial charge in [0.05, 0.1) is 23.9 Å². The van der Waals surface area contributed by atoms with E-state index in [0.29, 0.717) is 37.8 Å². The van der Waals surface area contributed by atoms with Crippen LogP contribution in [0.5, 0.6) is 11.5 Å².